The fourth-order valence-corrected chi connectivity index (χ4v) is 0.280. The zero-order chi connectivity index (χ0) is 7.28. The molecule has 0 amide bonds. The highest BCUT2D eigenvalue weighted by molar-refractivity contribution is 6.38. The maximum atomic E-state index is 9.84. The summed E-state index contributed by atoms with van der Waals surface area (Å²) in [5, 5.41) is 0.0868. The number of rotatable bonds is 3. The number of ether oxygens (including phenoxy) is 1. The lowest BCUT2D eigenvalue weighted by atomic mass is 10.5. The normalized spacial score (nSPS) is 11.8. The highest BCUT2D eigenvalue weighted by atomic mass is 35.5. The number of halogens is 1. The van der Waals surface area contributed by atoms with Crippen LogP contribution < -0.4 is 0 Å². The summed E-state index contributed by atoms with van der Waals surface area (Å²) in [6.45, 7) is 3.71. The number of carbonyl (C=O) groups excluding carboxylic acids is 1. The third-order valence-electron chi connectivity index (χ3n) is 0.565. The Labute approximate surface area is 59.5 Å². The van der Waals surface area contributed by atoms with Crippen molar-refractivity contribution >= 4 is 17.9 Å². The van der Waals surface area contributed by atoms with Gasteiger partial charge in [-0.1, -0.05) is 11.6 Å². The van der Waals surface area contributed by atoms with Crippen molar-refractivity contribution in [2.45, 2.75) is 20.0 Å². The standard InChI is InChI=1S/C6H9ClO2/c1-5(2)9-4-6(7)3-8/h3-5H,1-2H3/b6-4+. The van der Waals surface area contributed by atoms with Crippen LogP contribution in [-0.4, -0.2) is 12.4 Å². The van der Waals surface area contributed by atoms with E-state index < -0.39 is 0 Å². The van der Waals surface area contributed by atoms with E-state index in [9.17, 15) is 4.79 Å². The van der Waals surface area contributed by atoms with Crippen LogP contribution in [0.2, 0.25) is 0 Å². The van der Waals surface area contributed by atoms with Gasteiger partial charge in [0, 0.05) is 0 Å². The molecular formula is C6H9ClO2. The third-order valence-corrected chi connectivity index (χ3v) is 0.744. The molecule has 0 N–H and O–H groups in total. The van der Waals surface area contributed by atoms with Crippen LogP contribution in [-0.2, 0) is 9.53 Å². The third kappa shape index (κ3) is 5.37. The lowest BCUT2D eigenvalue weighted by Gasteiger charge is -2.01. The lowest BCUT2D eigenvalue weighted by Crippen LogP contribution is -1.95. The molecule has 52 valence electrons. The largest absolute Gasteiger partial charge is 0.497 e. The summed E-state index contributed by atoms with van der Waals surface area (Å²) in [5.41, 5.74) is 0. The lowest BCUT2D eigenvalue weighted by molar-refractivity contribution is -0.104. The van der Waals surface area contributed by atoms with Gasteiger partial charge in [0.25, 0.3) is 0 Å². The molecule has 0 unspecified atom stereocenters. The number of allylic oxidation sites excluding steroid dienone is 1. The molecule has 0 spiro atoms. The summed E-state index contributed by atoms with van der Waals surface area (Å²) in [6, 6.07) is 0. The van der Waals surface area contributed by atoms with Gasteiger partial charge in [-0.2, -0.15) is 0 Å². The van der Waals surface area contributed by atoms with Crippen LogP contribution in [0.15, 0.2) is 11.3 Å². The maximum absolute atomic E-state index is 9.84. The Kier molecular flexibility index (Phi) is 4.14. The fourth-order valence-electron chi connectivity index (χ4n) is 0.229. The van der Waals surface area contributed by atoms with Crippen molar-refractivity contribution in [1.82, 2.24) is 0 Å². The Hall–Kier alpha value is -0.500. The molecule has 0 heterocycles. The van der Waals surface area contributed by atoms with Crippen molar-refractivity contribution in [3.05, 3.63) is 11.3 Å². The van der Waals surface area contributed by atoms with Gasteiger partial charge < -0.3 is 4.74 Å². The summed E-state index contributed by atoms with van der Waals surface area (Å²) in [6.07, 6.45) is 1.84. The SMILES string of the molecule is CC(C)O/C=C(/Cl)C=O. The zero-order valence-electron chi connectivity index (χ0n) is 5.43. The fraction of sp³-hybridized carbons (Fsp3) is 0.500. The number of hydrogen-bond acceptors (Lipinski definition) is 2. The van der Waals surface area contributed by atoms with Crippen molar-refractivity contribution < 1.29 is 9.53 Å². The summed E-state index contributed by atoms with van der Waals surface area (Å²) in [7, 11) is 0. The van der Waals surface area contributed by atoms with E-state index in [1.54, 1.807) is 0 Å². The van der Waals surface area contributed by atoms with E-state index in [2.05, 4.69) is 0 Å². The Morgan fingerprint density at radius 2 is 2.22 bits per heavy atom. The van der Waals surface area contributed by atoms with Crippen LogP contribution in [0.25, 0.3) is 0 Å². The van der Waals surface area contributed by atoms with E-state index in [1.807, 2.05) is 13.8 Å². The molecule has 0 aliphatic rings. The molecule has 0 aliphatic heterocycles. The van der Waals surface area contributed by atoms with Crippen LogP contribution in [0.5, 0.6) is 0 Å². The van der Waals surface area contributed by atoms with E-state index in [-0.39, 0.29) is 11.1 Å². The van der Waals surface area contributed by atoms with Gasteiger partial charge in [0.1, 0.15) is 11.3 Å². The summed E-state index contributed by atoms with van der Waals surface area (Å²) in [4.78, 5) is 9.84. The molecule has 0 aromatic carbocycles. The van der Waals surface area contributed by atoms with Gasteiger partial charge in [-0.15, -0.1) is 0 Å². The molecule has 0 atom stereocenters. The summed E-state index contributed by atoms with van der Waals surface area (Å²) < 4.78 is 4.87. The topological polar surface area (TPSA) is 26.3 Å². The smallest absolute Gasteiger partial charge is 0.164 e. The molecule has 0 aromatic heterocycles. The van der Waals surface area contributed by atoms with Crippen LogP contribution in [0.3, 0.4) is 0 Å². The second-order valence-corrected chi connectivity index (χ2v) is 2.24. The minimum atomic E-state index is 0.0682. The maximum Gasteiger partial charge on any atom is 0.164 e. The molecule has 2 nitrogen and oxygen atoms in total. The number of aldehydes is 1. The molecule has 0 aromatic rings. The van der Waals surface area contributed by atoms with Crippen LogP contribution in [0.1, 0.15) is 13.8 Å². The first-order chi connectivity index (χ1) is 4.16. The van der Waals surface area contributed by atoms with Gasteiger partial charge >= 0.3 is 0 Å². The van der Waals surface area contributed by atoms with E-state index in [4.69, 9.17) is 16.3 Å². The molecule has 0 bridgehead atoms. The zero-order valence-corrected chi connectivity index (χ0v) is 6.18. The molecule has 0 fully saturated rings. The monoisotopic (exact) mass is 148 g/mol. The average Bonchev–Trinajstić information content (AvgIpc) is 1.83. The minimum Gasteiger partial charge on any atom is -0.497 e. The van der Waals surface area contributed by atoms with E-state index in [1.165, 1.54) is 6.26 Å². The predicted octanol–water partition coefficient (Wildman–Crippen LogP) is 1.69. The molecule has 0 rings (SSSR count). The number of carbonyl (C=O) groups is 1. The van der Waals surface area contributed by atoms with Gasteiger partial charge in [0.2, 0.25) is 0 Å². The molecule has 0 aliphatic carbocycles. The van der Waals surface area contributed by atoms with E-state index in [0.717, 1.165) is 0 Å². The molecule has 0 saturated heterocycles. The van der Waals surface area contributed by atoms with Gasteiger partial charge in [-0.25, -0.2) is 0 Å². The molecule has 3 heteroatoms. The highest BCUT2D eigenvalue weighted by Crippen LogP contribution is 1.98. The minimum absolute atomic E-state index is 0.0682. The summed E-state index contributed by atoms with van der Waals surface area (Å²) >= 11 is 5.28. The van der Waals surface area contributed by atoms with Crippen molar-refractivity contribution in [1.29, 1.82) is 0 Å². The van der Waals surface area contributed by atoms with Crippen LogP contribution in [0.4, 0.5) is 0 Å². The van der Waals surface area contributed by atoms with Crippen molar-refractivity contribution in [3.63, 3.8) is 0 Å². The van der Waals surface area contributed by atoms with Crippen molar-refractivity contribution in [2.75, 3.05) is 0 Å². The molecule has 0 saturated carbocycles. The van der Waals surface area contributed by atoms with E-state index >= 15 is 0 Å². The Bertz CT molecular complexity index is 118. The first-order valence-corrected chi connectivity index (χ1v) is 3.01. The summed E-state index contributed by atoms with van der Waals surface area (Å²) in [5.74, 6) is 0. The Morgan fingerprint density at radius 1 is 1.67 bits per heavy atom. The van der Waals surface area contributed by atoms with Gasteiger partial charge in [-0.05, 0) is 13.8 Å². The molecule has 9 heavy (non-hydrogen) atoms. The van der Waals surface area contributed by atoms with Crippen molar-refractivity contribution in [2.24, 2.45) is 0 Å². The first-order valence-electron chi connectivity index (χ1n) is 2.63. The average molecular weight is 149 g/mol. The van der Waals surface area contributed by atoms with Gasteiger partial charge in [0.15, 0.2) is 6.29 Å². The van der Waals surface area contributed by atoms with Crippen molar-refractivity contribution in [3.8, 4) is 0 Å². The first kappa shape index (κ1) is 8.50. The van der Waals surface area contributed by atoms with Gasteiger partial charge in [0.05, 0.1) is 6.10 Å². The van der Waals surface area contributed by atoms with Crippen LogP contribution in [0, 0.1) is 0 Å². The Morgan fingerprint density at radius 3 is 2.56 bits per heavy atom. The van der Waals surface area contributed by atoms with Gasteiger partial charge in [-0.3, -0.25) is 4.79 Å². The quantitative estimate of drug-likeness (QED) is 0.346. The second-order valence-electron chi connectivity index (χ2n) is 1.81. The van der Waals surface area contributed by atoms with Crippen LogP contribution >= 0.6 is 11.6 Å². The molecular weight excluding hydrogens is 140 g/mol. The highest BCUT2D eigenvalue weighted by Gasteiger charge is 1.89. The predicted molar refractivity (Wildman–Crippen MR) is 36.2 cm³/mol. The van der Waals surface area contributed by atoms with E-state index in [0.29, 0.717) is 6.29 Å². The second kappa shape index (κ2) is 4.39. The Balaban J connectivity index is 3.56. The molecule has 0 radical (unpaired) electrons. The number of hydrogen-bond donors (Lipinski definition) is 0.